The first kappa shape index (κ1) is 18.4. The van der Waals surface area contributed by atoms with E-state index in [1.54, 1.807) is 12.1 Å². The minimum absolute atomic E-state index is 0.135. The van der Waals surface area contributed by atoms with Crippen molar-refractivity contribution in [2.24, 2.45) is 17.8 Å². The fraction of sp³-hybridized carbons (Fsp3) is 0.381. The van der Waals surface area contributed by atoms with Gasteiger partial charge in [0, 0.05) is 17.2 Å². The topological polar surface area (TPSA) is 128 Å². The molecule has 0 aliphatic heterocycles. The van der Waals surface area contributed by atoms with Gasteiger partial charge in [0.1, 0.15) is 17.3 Å². The summed E-state index contributed by atoms with van der Waals surface area (Å²) in [5.74, 6) is -3.61. The molecule has 28 heavy (non-hydrogen) atoms. The van der Waals surface area contributed by atoms with Gasteiger partial charge in [0.2, 0.25) is 0 Å². The van der Waals surface area contributed by atoms with Gasteiger partial charge in [-0.3, -0.25) is 9.59 Å². The van der Waals surface area contributed by atoms with Crippen LogP contribution in [0.15, 0.2) is 40.9 Å². The molecule has 0 saturated heterocycles. The van der Waals surface area contributed by atoms with Gasteiger partial charge in [-0.2, -0.15) is 0 Å². The smallest absolute Gasteiger partial charge is 0.179 e. The predicted molar refractivity (Wildman–Crippen MR) is 100 cm³/mol. The number of allylic oxidation sites excluding steroid dienone is 4. The molecule has 0 aromatic heterocycles. The minimum Gasteiger partial charge on any atom is -0.511 e. The second-order valence-corrected chi connectivity index (χ2v) is 7.42. The van der Waals surface area contributed by atoms with Crippen LogP contribution in [0.3, 0.4) is 0 Å². The van der Waals surface area contributed by atoms with E-state index in [1.807, 2.05) is 0 Å². The molecule has 4 rings (SSSR count). The van der Waals surface area contributed by atoms with Crippen molar-refractivity contribution >= 4 is 17.3 Å². The molecule has 0 radical (unpaired) electrons. The highest BCUT2D eigenvalue weighted by Gasteiger charge is 2.51. The third-order valence-corrected chi connectivity index (χ3v) is 6.08. The number of carbonyl (C=O) groups excluding carboxylic acids is 2. The van der Waals surface area contributed by atoms with Gasteiger partial charge in [-0.1, -0.05) is 12.1 Å². The number of methoxy groups -OCH3 is 1. The van der Waals surface area contributed by atoms with Crippen LogP contribution in [0.2, 0.25) is 0 Å². The van der Waals surface area contributed by atoms with Gasteiger partial charge < -0.3 is 25.5 Å². The van der Waals surface area contributed by atoms with Crippen LogP contribution < -0.4 is 4.74 Å². The summed E-state index contributed by atoms with van der Waals surface area (Å²) in [7, 11) is 1.41. The molecule has 3 aliphatic carbocycles. The molecule has 4 N–H and O–H groups in total. The molecule has 1 aromatic rings. The molecule has 1 saturated carbocycles. The Hall–Kier alpha value is -2.93. The molecule has 3 aliphatic rings. The molecule has 0 bridgehead atoms. The number of carbonyl (C=O) groups is 2. The van der Waals surface area contributed by atoms with Crippen LogP contribution in [0, 0.1) is 23.2 Å². The Balaban J connectivity index is 1.86. The highest BCUT2D eigenvalue weighted by atomic mass is 16.5. The molecule has 1 fully saturated rings. The number of hydrogen-bond acceptors (Lipinski definition) is 7. The Bertz CT molecular complexity index is 973. The van der Waals surface area contributed by atoms with E-state index < -0.39 is 23.4 Å². The van der Waals surface area contributed by atoms with Crippen LogP contribution >= 0.6 is 0 Å². The zero-order valence-electron chi connectivity index (χ0n) is 15.4. The third kappa shape index (κ3) is 2.43. The number of Topliss-reactive ketones (excluding diaryl/α,β-unsaturated/α-hetero) is 2. The Morgan fingerprint density at radius 2 is 1.82 bits per heavy atom. The average molecular weight is 383 g/mol. The number of ketones is 2. The van der Waals surface area contributed by atoms with E-state index in [-0.39, 0.29) is 53.1 Å². The number of hydrogen-bond donors (Lipinski definition) is 4. The van der Waals surface area contributed by atoms with Crippen molar-refractivity contribution in [3.63, 3.8) is 0 Å². The van der Waals surface area contributed by atoms with E-state index >= 15 is 0 Å². The summed E-state index contributed by atoms with van der Waals surface area (Å²) in [6.45, 7) is -0.375. The Labute approximate surface area is 161 Å². The summed E-state index contributed by atoms with van der Waals surface area (Å²) in [4.78, 5) is 26.3. The summed E-state index contributed by atoms with van der Waals surface area (Å²) < 4.78 is 5.24. The lowest BCUT2D eigenvalue weighted by molar-refractivity contribution is 0.0694. The molecule has 3 unspecified atom stereocenters. The van der Waals surface area contributed by atoms with Crippen LogP contribution in [0.4, 0.5) is 0 Å². The number of aliphatic hydroxyl groups is 3. The largest absolute Gasteiger partial charge is 0.511 e. The third-order valence-electron chi connectivity index (χ3n) is 6.08. The number of rotatable bonds is 3. The molecule has 0 amide bonds. The van der Waals surface area contributed by atoms with Crippen LogP contribution in [-0.4, -0.2) is 46.3 Å². The molecule has 1 aromatic carbocycles. The van der Waals surface area contributed by atoms with E-state index in [4.69, 9.17) is 10.1 Å². The van der Waals surface area contributed by atoms with Crippen molar-refractivity contribution in [1.82, 2.24) is 0 Å². The molecule has 3 atom stereocenters. The van der Waals surface area contributed by atoms with Crippen molar-refractivity contribution in [2.75, 3.05) is 13.7 Å². The van der Waals surface area contributed by atoms with Gasteiger partial charge in [0.25, 0.3) is 0 Å². The zero-order chi connectivity index (χ0) is 20.2. The lowest BCUT2D eigenvalue weighted by Crippen LogP contribution is -2.42. The van der Waals surface area contributed by atoms with Gasteiger partial charge in [0.05, 0.1) is 31.1 Å². The van der Waals surface area contributed by atoms with Gasteiger partial charge in [0.15, 0.2) is 11.6 Å². The highest BCUT2D eigenvalue weighted by Crippen LogP contribution is 2.49. The number of nitrogens with one attached hydrogen (secondary N) is 1. The monoisotopic (exact) mass is 383 g/mol. The van der Waals surface area contributed by atoms with Crippen molar-refractivity contribution in [3.05, 3.63) is 52.0 Å². The van der Waals surface area contributed by atoms with Gasteiger partial charge in [-0.15, -0.1) is 0 Å². The lowest BCUT2D eigenvalue weighted by atomic mass is 9.64. The van der Waals surface area contributed by atoms with Crippen LogP contribution in [-0.2, 0) is 0 Å². The minimum atomic E-state index is -1.17. The fourth-order valence-corrected chi connectivity index (χ4v) is 4.64. The van der Waals surface area contributed by atoms with E-state index in [2.05, 4.69) is 0 Å². The van der Waals surface area contributed by atoms with E-state index in [9.17, 15) is 24.9 Å². The number of fused-ring (bicyclic) bond motifs is 3. The van der Waals surface area contributed by atoms with Crippen LogP contribution in [0.25, 0.3) is 0 Å². The Morgan fingerprint density at radius 1 is 1.14 bits per heavy atom. The SMILES string of the molecule is COc1cccc2c1C(=O)C1C(O)=C3CCC(C(=N)CO)CC3=C(O)C1C2=O. The first-order valence-corrected chi connectivity index (χ1v) is 9.18. The standard InChI is InChI=1S/C21H21NO6/c1-28-14-4-2-3-11-15(14)21(27)17-16(19(11)25)20(26)12-7-9(13(22)8-23)5-6-10(12)18(17)24/h2-4,9,16-17,22-24,26H,5-8H2,1H3. The Kier molecular flexibility index (Phi) is 4.34. The maximum absolute atomic E-state index is 13.2. The van der Waals surface area contributed by atoms with E-state index in [1.165, 1.54) is 13.2 Å². The Morgan fingerprint density at radius 3 is 2.50 bits per heavy atom. The predicted octanol–water partition coefficient (Wildman–Crippen LogP) is 2.76. The first-order chi connectivity index (χ1) is 13.4. The van der Waals surface area contributed by atoms with Crippen LogP contribution in [0.1, 0.15) is 40.0 Å². The average Bonchev–Trinajstić information content (AvgIpc) is 2.72. The molecule has 7 heteroatoms. The van der Waals surface area contributed by atoms with Gasteiger partial charge in [-0.05, 0) is 36.5 Å². The van der Waals surface area contributed by atoms with Gasteiger partial charge >= 0.3 is 0 Å². The molecule has 146 valence electrons. The zero-order valence-corrected chi connectivity index (χ0v) is 15.4. The normalized spacial score (nSPS) is 26.6. The molecule has 0 heterocycles. The van der Waals surface area contributed by atoms with Crippen molar-refractivity contribution in [3.8, 4) is 5.75 Å². The first-order valence-electron chi connectivity index (χ1n) is 9.18. The second kappa shape index (κ2) is 6.60. The molecule has 7 nitrogen and oxygen atoms in total. The number of ether oxygens (including phenoxy) is 1. The van der Waals surface area contributed by atoms with Crippen molar-refractivity contribution < 1.29 is 29.6 Å². The second-order valence-electron chi connectivity index (χ2n) is 7.42. The van der Waals surface area contributed by atoms with Gasteiger partial charge in [-0.25, -0.2) is 0 Å². The number of benzene rings is 1. The maximum Gasteiger partial charge on any atom is 0.179 e. The van der Waals surface area contributed by atoms with Crippen LogP contribution in [0.5, 0.6) is 5.75 Å². The summed E-state index contributed by atoms with van der Waals surface area (Å²) in [6, 6.07) is 4.72. The highest BCUT2D eigenvalue weighted by molar-refractivity contribution is 6.19. The quantitative estimate of drug-likeness (QED) is 0.594. The van der Waals surface area contributed by atoms with E-state index in [0.29, 0.717) is 24.0 Å². The summed E-state index contributed by atoms with van der Waals surface area (Å²) in [5, 5.41) is 39.0. The molecular formula is C21H21NO6. The molecular weight excluding hydrogens is 362 g/mol. The number of aliphatic hydroxyl groups excluding tert-OH is 3. The fourth-order valence-electron chi connectivity index (χ4n) is 4.64. The summed E-state index contributed by atoms with van der Waals surface area (Å²) in [5.41, 5.74) is 1.35. The summed E-state index contributed by atoms with van der Waals surface area (Å²) in [6.07, 6.45) is 1.14. The van der Waals surface area contributed by atoms with E-state index in [0.717, 1.165) is 0 Å². The van der Waals surface area contributed by atoms with Crippen molar-refractivity contribution in [1.29, 1.82) is 5.41 Å². The summed E-state index contributed by atoms with van der Waals surface area (Å²) >= 11 is 0. The van der Waals surface area contributed by atoms with Crippen molar-refractivity contribution in [2.45, 2.75) is 19.3 Å². The molecule has 0 spiro atoms. The lowest BCUT2D eigenvalue weighted by Gasteiger charge is -2.39. The maximum atomic E-state index is 13.2.